The number of carboxylic acid groups (broad SMARTS) is 1. The first-order valence-corrected chi connectivity index (χ1v) is 4.10. The summed E-state index contributed by atoms with van der Waals surface area (Å²) in [4.78, 5) is 13.5. The highest BCUT2D eigenvalue weighted by atomic mass is 19.1. The number of rotatable bonds is 1. The zero-order valence-electron chi connectivity index (χ0n) is 7.47. The third-order valence-corrected chi connectivity index (χ3v) is 2.22. The van der Waals surface area contributed by atoms with Crippen LogP contribution in [0.4, 0.5) is 4.39 Å². The van der Waals surface area contributed by atoms with Crippen molar-refractivity contribution in [1.82, 2.24) is 4.98 Å². The molecule has 0 spiro atoms. The van der Waals surface area contributed by atoms with E-state index in [0.29, 0.717) is 5.52 Å². The van der Waals surface area contributed by atoms with Crippen molar-refractivity contribution in [2.75, 3.05) is 0 Å². The van der Waals surface area contributed by atoms with E-state index in [1.165, 1.54) is 12.3 Å². The maximum absolute atomic E-state index is 13.3. The number of aryl methyl sites for hydroxylation is 1. The summed E-state index contributed by atoms with van der Waals surface area (Å²) in [6, 6.07) is 2.89. The van der Waals surface area contributed by atoms with Gasteiger partial charge in [0, 0.05) is 11.6 Å². The van der Waals surface area contributed by atoms with Crippen LogP contribution in [0, 0.1) is 12.7 Å². The summed E-state index contributed by atoms with van der Waals surface area (Å²) in [5, 5.41) is 8.95. The number of aromatic carboxylic acids is 1. The molecule has 0 saturated carbocycles. The molecule has 2 rings (SSSR count). The van der Waals surface area contributed by atoms with Crippen LogP contribution in [0.3, 0.4) is 0 Å². The summed E-state index contributed by atoms with van der Waals surface area (Å²) in [6.45, 7) is 1.80. The van der Waals surface area contributed by atoms with Crippen molar-refractivity contribution in [3.63, 3.8) is 0 Å². The number of H-pyrrole nitrogens is 1. The van der Waals surface area contributed by atoms with Crippen LogP contribution in [0.2, 0.25) is 0 Å². The van der Waals surface area contributed by atoms with Gasteiger partial charge in [0.05, 0.1) is 11.1 Å². The van der Waals surface area contributed by atoms with Gasteiger partial charge in [-0.2, -0.15) is 0 Å². The fraction of sp³-hybridized carbons (Fsp3) is 0.100. The SMILES string of the molecule is Cc1ccc(F)c2c(C(=O)O)c[nH]c12. The molecule has 4 heteroatoms. The normalized spacial score (nSPS) is 10.7. The average molecular weight is 193 g/mol. The molecule has 1 aromatic heterocycles. The Morgan fingerprint density at radius 1 is 1.50 bits per heavy atom. The Hall–Kier alpha value is -1.84. The Bertz CT molecular complexity index is 516. The molecule has 1 heterocycles. The number of aromatic amines is 1. The van der Waals surface area contributed by atoms with Gasteiger partial charge in [0.25, 0.3) is 0 Å². The summed E-state index contributed by atoms with van der Waals surface area (Å²) in [5.74, 6) is -1.63. The minimum atomic E-state index is -1.12. The van der Waals surface area contributed by atoms with E-state index in [0.717, 1.165) is 5.56 Å². The van der Waals surface area contributed by atoms with Crippen LogP contribution in [-0.2, 0) is 0 Å². The standard InChI is InChI=1S/C10H8FNO2/c1-5-2-3-7(11)8-6(10(13)14)4-12-9(5)8/h2-4,12H,1H3,(H,13,14). The number of hydrogen-bond acceptors (Lipinski definition) is 1. The molecule has 2 aromatic rings. The first kappa shape index (κ1) is 8.74. The lowest BCUT2D eigenvalue weighted by atomic mass is 10.1. The van der Waals surface area contributed by atoms with E-state index >= 15 is 0 Å². The van der Waals surface area contributed by atoms with Gasteiger partial charge < -0.3 is 10.1 Å². The van der Waals surface area contributed by atoms with Gasteiger partial charge >= 0.3 is 5.97 Å². The van der Waals surface area contributed by atoms with Crippen LogP contribution in [0.25, 0.3) is 10.9 Å². The zero-order chi connectivity index (χ0) is 10.3. The van der Waals surface area contributed by atoms with Crippen molar-refractivity contribution >= 4 is 16.9 Å². The maximum atomic E-state index is 13.3. The van der Waals surface area contributed by atoms with E-state index in [9.17, 15) is 9.18 Å². The Kier molecular flexibility index (Phi) is 1.77. The molecule has 0 fully saturated rings. The van der Waals surface area contributed by atoms with E-state index in [1.807, 2.05) is 0 Å². The second kappa shape index (κ2) is 2.83. The molecule has 72 valence electrons. The maximum Gasteiger partial charge on any atom is 0.337 e. The second-order valence-electron chi connectivity index (χ2n) is 3.12. The summed E-state index contributed by atoms with van der Waals surface area (Å²) in [7, 11) is 0. The molecule has 0 aliphatic carbocycles. The number of carboxylic acids is 1. The van der Waals surface area contributed by atoms with Gasteiger partial charge in [0.1, 0.15) is 5.82 Å². The van der Waals surface area contributed by atoms with E-state index in [1.54, 1.807) is 13.0 Å². The van der Waals surface area contributed by atoms with E-state index in [2.05, 4.69) is 4.98 Å². The molecule has 3 nitrogen and oxygen atoms in total. The molecule has 0 bridgehead atoms. The van der Waals surface area contributed by atoms with Crippen LogP contribution in [0.5, 0.6) is 0 Å². The van der Waals surface area contributed by atoms with Crippen LogP contribution in [0.1, 0.15) is 15.9 Å². The van der Waals surface area contributed by atoms with Gasteiger partial charge in [-0.1, -0.05) is 6.07 Å². The van der Waals surface area contributed by atoms with Gasteiger partial charge in [-0.15, -0.1) is 0 Å². The van der Waals surface area contributed by atoms with Crippen molar-refractivity contribution < 1.29 is 14.3 Å². The lowest BCUT2D eigenvalue weighted by Crippen LogP contribution is -1.95. The molecule has 1 aromatic carbocycles. The molecule has 0 saturated heterocycles. The third-order valence-electron chi connectivity index (χ3n) is 2.22. The fourth-order valence-electron chi connectivity index (χ4n) is 1.52. The Morgan fingerprint density at radius 3 is 2.86 bits per heavy atom. The smallest absolute Gasteiger partial charge is 0.337 e. The van der Waals surface area contributed by atoms with Gasteiger partial charge in [-0.25, -0.2) is 9.18 Å². The van der Waals surface area contributed by atoms with Gasteiger partial charge in [-0.05, 0) is 18.6 Å². The molecule has 0 aliphatic heterocycles. The van der Waals surface area contributed by atoms with Crippen LogP contribution >= 0.6 is 0 Å². The molecule has 2 N–H and O–H groups in total. The molecular formula is C10H8FNO2. The number of hydrogen-bond donors (Lipinski definition) is 2. The largest absolute Gasteiger partial charge is 0.478 e. The lowest BCUT2D eigenvalue weighted by molar-refractivity contribution is 0.0699. The number of benzene rings is 1. The molecule has 0 unspecified atom stereocenters. The van der Waals surface area contributed by atoms with Crippen LogP contribution in [-0.4, -0.2) is 16.1 Å². The van der Waals surface area contributed by atoms with Crippen LogP contribution in [0.15, 0.2) is 18.3 Å². The molecule has 0 amide bonds. The molecule has 0 atom stereocenters. The van der Waals surface area contributed by atoms with Gasteiger partial charge in [-0.3, -0.25) is 0 Å². The highest BCUT2D eigenvalue weighted by Gasteiger charge is 2.15. The third kappa shape index (κ3) is 1.08. The predicted octanol–water partition coefficient (Wildman–Crippen LogP) is 2.31. The Balaban J connectivity index is 2.90. The quantitative estimate of drug-likeness (QED) is 0.730. The van der Waals surface area contributed by atoms with Gasteiger partial charge in [0.2, 0.25) is 0 Å². The van der Waals surface area contributed by atoms with E-state index < -0.39 is 11.8 Å². The van der Waals surface area contributed by atoms with Crippen molar-refractivity contribution in [2.45, 2.75) is 6.92 Å². The number of nitrogens with one attached hydrogen (secondary N) is 1. The second-order valence-corrected chi connectivity index (χ2v) is 3.12. The molecule has 14 heavy (non-hydrogen) atoms. The van der Waals surface area contributed by atoms with Crippen LogP contribution < -0.4 is 0 Å². The molecule has 0 aliphatic rings. The number of carbonyl (C=O) groups is 1. The minimum absolute atomic E-state index is 0.0267. The Morgan fingerprint density at radius 2 is 2.21 bits per heavy atom. The highest BCUT2D eigenvalue weighted by molar-refractivity contribution is 6.04. The monoisotopic (exact) mass is 193 g/mol. The molecular weight excluding hydrogens is 185 g/mol. The predicted molar refractivity (Wildman–Crippen MR) is 50.0 cm³/mol. The van der Waals surface area contributed by atoms with E-state index in [4.69, 9.17) is 5.11 Å². The topological polar surface area (TPSA) is 53.1 Å². The number of halogens is 1. The first-order valence-electron chi connectivity index (χ1n) is 4.10. The van der Waals surface area contributed by atoms with Crippen molar-refractivity contribution in [1.29, 1.82) is 0 Å². The first-order chi connectivity index (χ1) is 6.61. The number of aromatic nitrogens is 1. The lowest BCUT2D eigenvalue weighted by Gasteiger charge is -1.97. The fourth-order valence-corrected chi connectivity index (χ4v) is 1.52. The average Bonchev–Trinajstić information content (AvgIpc) is 2.56. The Labute approximate surface area is 79.2 Å². The summed E-state index contributed by atoms with van der Waals surface area (Å²) in [5.41, 5.74) is 1.34. The highest BCUT2D eigenvalue weighted by Crippen LogP contribution is 2.24. The minimum Gasteiger partial charge on any atom is -0.478 e. The number of fused-ring (bicyclic) bond motifs is 1. The molecule has 0 radical (unpaired) electrons. The zero-order valence-corrected chi connectivity index (χ0v) is 7.47. The van der Waals surface area contributed by atoms with E-state index in [-0.39, 0.29) is 10.9 Å². The van der Waals surface area contributed by atoms with Crippen molar-refractivity contribution in [2.24, 2.45) is 0 Å². The van der Waals surface area contributed by atoms with Crippen molar-refractivity contribution in [3.8, 4) is 0 Å². The van der Waals surface area contributed by atoms with Crippen molar-refractivity contribution in [3.05, 3.63) is 35.3 Å². The summed E-state index contributed by atoms with van der Waals surface area (Å²) in [6.07, 6.45) is 1.31. The van der Waals surface area contributed by atoms with Gasteiger partial charge in [0.15, 0.2) is 0 Å². The summed E-state index contributed by atoms with van der Waals surface area (Å²) >= 11 is 0. The summed E-state index contributed by atoms with van der Waals surface area (Å²) < 4.78 is 13.3.